The van der Waals surface area contributed by atoms with Crippen LogP contribution in [0.15, 0.2) is 24.3 Å². The molecule has 98 valence electrons. The zero-order valence-electron chi connectivity index (χ0n) is 10.9. The highest BCUT2D eigenvalue weighted by Gasteiger charge is 2.26. The molecule has 18 heavy (non-hydrogen) atoms. The van der Waals surface area contributed by atoms with Gasteiger partial charge in [0.25, 0.3) is 0 Å². The van der Waals surface area contributed by atoms with Gasteiger partial charge in [0.15, 0.2) is 0 Å². The molecule has 1 amide bonds. The Bertz CT molecular complexity index is 420. The number of fused-ring (bicyclic) bond motifs is 1. The number of benzene rings is 1. The van der Waals surface area contributed by atoms with Crippen molar-refractivity contribution >= 4 is 5.91 Å². The molecule has 1 aromatic carbocycles. The maximum atomic E-state index is 12.2. The largest absolute Gasteiger partial charge is 0.383 e. The molecule has 0 aromatic heterocycles. The second kappa shape index (κ2) is 5.98. The Hall–Kier alpha value is -1.39. The highest BCUT2D eigenvalue weighted by molar-refractivity contribution is 5.84. The van der Waals surface area contributed by atoms with Crippen molar-refractivity contribution in [1.29, 1.82) is 0 Å². The number of methoxy groups -OCH3 is 1. The third kappa shape index (κ3) is 2.89. The summed E-state index contributed by atoms with van der Waals surface area (Å²) in [5.74, 6) is -0.0338. The number of carbonyl (C=O) groups is 1. The maximum absolute atomic E-state index is 12.2. The molecule has 0 aliphatic carbocycles. The highest BCUT2D eigenvalue weighted by atomic mass is 16.5. The van der Waals surface area contributed by atoms with Crippen molar-refractivity contribution < 1.29 is 9.53 Å². The number of hydrogen-bond donors (Lipinski definition) is 2. The molecule has 1 aliphatic rings. The molecule has 2 rings (SSSR count). The van der Waals surface area contributed by atoms with E-state index in [9.17, 15) is 4.79 Å². The lowest BCUT2D eigenvalue weighted by atomic mass is 9.90. The zero-order valence-corrected chi connectivity index (χ0v) is 10.9. The third-order valence-electron chi connectivity index (χ3n) is 3.22. The molecule has 4 heteroatoms. The Kier molecular flexibility index (Phi) is 4.33. The molecule has 2 unspecified atom stereocenters. The van der Waals surface area contributed by atoms with Gasteiger partial charge in [-0.2, -0.15) is 0 Å². The average molecular weight is 248 g/mol. The summed E-state index contributed by atoms with van der Waals surface area (Å²) in [4.78, 5) is 12.2. The molecule has 2 N–H and O–H groups in total. The summed E-state index contributed by atoms with van der Waals surface area (Å²) in [6, 6.07) is 8.15. The van der Waals surface area contributed by atoms with Crippen LogP contribution in [0.3, 0.4) is 0 Å². The minimum atomic E-state index is -0.103. The van der Waals surface area contributed by atoms with Crippen LogP contribution < -0.4 is 10.6 Å². The van der Waals surface area contributed by atoms with Crippen LogP contribution in [-0.2, 0) is 16.1 Å². The summed E-state index contributed by atoms with van der Waals surface area (Å²) in [6.07, 6.45) is 0. The van der Waals surface area contributed by atoms with Crippen LogP contribution in [0, 0.1) is 0 Å². The van der Waals surface area contributed by atoms with Crippen molar-refractivity contribution in [2.45, 2.75) is 25.4 Å². The molecule has 2 atom stereocenters. The van der Waals surface area contributed by atoms with Gasteiger partial charge in [0, 0.05) is 26.2 Å². The van der Waals surface area contributed by atoms with Crippen LogP contribution in [-0.4, -0.2) is 32.2 Å². The Morgan fingerprint density at radius 1 is 1.56 bits per heavy atom. The lowest BCUT2D eigenvalue weighted by Gasteiger charge is -2.26. The maximum Gasteiger partial charge on any atom is 0.229 e. The van der Waals surface area contributed by atoms with Gasteiger partial charge < -0.3 is 15.4 Å². The predicted octanol–water partition coefficient (Wildman–Crippen LogP) is 1.02. The molecule has 1 aromatic rings. The second-order valence-corrected chi connectivity index (χ2v) is 4.75. The van der Waals surface area contributed by atoms with E-state index in [0.29, 0.717) is 13.2 Å². The van der Waals surface area contributed by atoms with Crippen molar-refractivity contribution in [3.63, 3.8) is 0 Å². The van der Waals surface area contributed by atoms with Crippen LogP contribution in [0.5, 0.6) is 0 Å². The molecule has 0 saturated carbocycles. The van der Waals surface area contributed by atoms with Crippen LogP contribution in [0.1, 0.15) is 24.0 Å². The number of nitrogens with one attached hydrogen (secondary N) is 2. The summed E-state index contributed by atoms with van der Waals surface area (Å²) in [5.41, 5.74) is 2.35. The van der Waals surface area contributed by atoms with E-state index in [-0.39, 0.29) is 17.9 Å². The molecule has 0 radical (unpaired) electrons. The van der Waals surface area contributed by atoms with Crippen molar-refractivity contribution in [3.8, 4) is 0 Å². The van der Waals surface area contributed by atoms with Crippen molar-refractivity contribution in [1.82, 2.24) is 10.6 Å². The van der Waals surface area contributed by atoms with E-state index in [2.05, 4.69) is 16.7 Å². The molecule has 0 saturated heterocycles. The number of amides is 1. The standard InChI is InChI=1S/C14H20N2O2/c1-10(9-18-2)16-14(17)13-8-15-7-11-5-3-4-6-12(11)13/h3-6,10,13,15H,7-9H2,1-2H3,(H,16,17). The fourth-order valence-electron chi connectivity index (χ4n) is 2.37. The summed E-state index contributed by atoms with van der Waals surface area (Å²) in [7, 11) is 1.64. The fourth-order valence-corrected chi connectivity index (χ4v) is 2.37. The third-order valence-corrected chi connectivity index (χ3v) is 3.22. The van der Waals surface area contributed by atoms with Crippen molar-refractivity contribution in [2.75, 3.05) is 20.3 Å². The van der Waals surface area contributed by atoms with Crippen LogP contribution in [0.2, 0.25) is 0 Å². The SMILES string of the molecule is COCC(C)NC(=O)C1CNCc2ccccc21. The summed E-state index contributed by atoms with van der Waals surface area (Å²) in [6.45, 7) is 4.02. The quantitative estimate of drug-likeness (QED) is 0.836. The molecule has 0 fully saturated rings. The normalized spacial score (nSPS) is 20.0. The Morgan fingerprint density at radius 2 is 2.33 bits per heavy atom. The van der Waals surface area contributed by atoms with Gasteiger partial charge in [0.2, 0.25) is 5.91 Å². The second-order valence-electron chi connectivity index (χ2n) is 4.75. The van der Waals surface area contributed by atoms with Gasteiger partial charge in [0.05, 0.1) is 12.5 Å². The first-order chi connectivity index (χ1) is 8.72. The number of ether oxygens (including phenoxy) is 1. The van der Waals surface area contributed by atoms with E-state index in [1.165, 1.54) is 5.56 Å². The molecular formula is C14H20N2O2. The van der Waals surface area contributed by atoms with E-state index in [1.807, 2.05) is 25.1 Å². The summed E-state index contributed by atoms with van der Waals surface area (Å²) >= 11 is 0. The minimum absolute atomic E-state index is 0.0385. The number of carbonyl (C=O) groups excluding carboxylic acids is 1. The lowest BCUT2D eigenvalue weighted by molar-refractivity contribution is -0.123. The average Bonchev–Trinajstić information content (AvgIpc) is 2.38. The fraction of sp³-hybridized carbons (Fsp3) is 0.500. The smallest absolute Gasteiger partial charge is 0.229 e. The van der Waals surface area contributed by atoms with E-state index < -0.39 is 0 Å². The van der Waals surface area contributed by atoms with Crippen LogP contribution in [0.25, 0.3) is 0 Å². The van der Waals surface area contributed by atoms with E-state index in [1.54, 1.807) is 7.11 Å². The van der Waals surface area contributed by atoms with E-state index in [4.69, 9.17) is 4.74 Å². The Balaban J connectivity index is 2.08. The summed E-state index contributed by atoms with van der Waals surface area (Å²) in [5, 5.41) is 6.27. The molecule has 0 bridgehead atoms. The predicted molar refractivity (Wildman–Crippen MR) is 70.4 cm³/mol. The first-order valence-electron chi connectivity index (χ1n) is 6.30. The summed E-state index contributed by atoms with van der Waals surface area (Å²) < 4.78 is 5.03. The van der Waals surface area contributed by atoms with Gasteiger partial charge in [-0.25, -0.2) is 0 Å². The van der Waals surface area contributed by atoms with Crippen molar-refractivity contribution in [3.05, 3.63) is 35.4 Å². The van der Waals surface area contributed by atoms with Gasteiger partial charge in [-0.1, -0.05) is 24.3 Å². The zero-order chi connectivity index (χ0) is 13.0. The first-order valence-corrected chi connectivity index (χ1v) is 6.30. The van der Waals surface area contributed by atoms with Gasteiger partial charge in [-0.05, 0) is 18.1 Å². The first kappa shape index (κ1) is 13.1. The Morgan fingerprint density at radius 3 is 3.11 bits per heavy atom. The van der Waals surface area contributed by atoms with Crippen molar-refractivity contribution in [2.24, 2.45) is 0 Å². The minimum Gasteiger partial charge on any atom is -0.383 e. The number of hydrogen-bond acceptors (Lipinski definition) is 3. The van der Waals surface area contributed by atoms with Crippen LogP contribution >= 0.6 is 0 Å². The Labute approximate surface area is 108 Å². The molecule has 1 heterocycles. The lowest BCUT2D eigenvalue weighted by Crippen LogP contribution is -2.43. The van der Waals surface area contributed by atoms with E-state index in [0.717, 1.165) is 12.1 Å². The molecule has 0 spiro atoms. The highest BCUT2D eigenvalue weighted by Crippen LogP contribution is 2.23. The van der Waals surface area contributed by atoms with Crippen LogP contribution in [0.4, 0.5) is 0 Å². The van der Waals surface area contributed by atoms with Gasteiger partial charge in [-0.15, -0.1) is 0 Å². The monoisotopic (exact) mass is 248 g/mol. The van der Waals surface area contributed by atoms with Gasteiger partial charge in [-0.3, -0.25) is 4.79 Å². The molecule has 1 aliphatic heterocycles. The molecule has 4 nitrogen and oxygen atoms in total. The topological polar surface area (TPSA) is 50.4 Å². The van der Waals surface area contributed by atoms with Gasteiger partial charge >= 0.3 is 0 Å². The number of rotatable bonds is 4. The van der Waals surface area contributed by atoms with Gasteiger partial charge in [0.1, 0.15) is 0 Å². The molecular weight excluding hydrogens is 228 g/mol. The van der Waals surface area contributed by atoms with E-state index >= 15 is 0 Å².